The second-order valence-corrected chi connectivity index (χ2v) is 8.58. The van der Waals surface area contributed by atoms with Crippen molar-refractivity contribution >= 4 is 28.0 Å². The van der Waals surface area contributed by atoms with Gasteiger partial charge in [-0.3, -0.25) is 4.79 Å². The maximum absolute atomic E-state index is 13.7. The molecule has 0 unspecified atom stereocenters. The lowest BCUT2D eigenvalue weighted by Gasteiger charge is -2.16. The number of aromatic hydroxyl groups is 1. The molecule has 33 heavy (non-hydrogen) atoms. The van der Waals surface area contributed by atoms with Gasteiger partial charge in [-0.2, -0.15) is 0 Å². The molecule has 0 aliphatic carbocycles. The molecule has 0 aliphatic rings. The number of fused-ring (bicyclic) bond motifs is 2. The summed E-state index contributed by atoms with van der Waals surface area (Å²) in [6.07, 6.45) is 5.47. The van der Waals surface area contributed by atoms with Gasteiger partial charge in [0.1, 0.15) is 28.1 Å². The van der Waals surface area contributed by atoms with Gasteiger partial charge in [-0.15, -0.1) is 0 Å². The molecule has 0 saturated carbocycles. The number of hydrogen-bond donors (Lipinski definition) is 2. The van der Waals surface area contributed by atoms with Crippen LogP contribution < -0.4 is 19.6 Å². The van der Waals surface area contributed by atoms with E-state index in [2.05, 4.69) is 0 Å². The Balaban J connectivity index is 2.51. The smallest absolute Gasteiger partial charge is 0.205 e. The van der Waals surface area contributed by atoms with E-state index >= 15 is 0 Å². The summed E-state index contributed by atoms with van der Waals surface area (Å²) in [5, 5.41) is 21.6. The van der Waals surface area contributed by atoms with E-state index in [1.54, 1.807) is 38.1 Å². The van der Waals surface area contributed by atoms with E-state index in [1.807, 2.05) is 19.9 Å². The Morgan fingerprint density at radius 1 is 1.03 bits per heavy atom. The molecular formula is C26H30O7. The van der Waals surface area contributed by atoms with E-state index in [9.17, 15) is 15.0 Å². The zero-order chi connectivity index (χ0) is 24.5. The Morgan fingerprint density at radius 2 is 1.64 bits per heavy atom. The van der Waals surface area contributed by atoms with Crippen LogP contribution in [-0.2, 0) is 6.42 Å². The number of rotatable bonds is 7. The monoisotopic (exact) mass is 454 g/mol. The summed E-state index contributed by atoms with van der Waals surface area (Å²) in [4.78, 5) is 13.7. The summed E-state index contributed by atoms with van der Waals surface area (Å²) in [7, 11) is 4.45. The molecule has 1 heterocycles. The third kappa shape index (κ3) is 4.68. The minimum absolute atomic E-state index is 0.0468. The van der Waals surface area contributed by atoms with Crippen molar-refractivity contribution in [2.24, 2.45) is 0 Å². The highest BCUT2D eigenvalue weighted by molar-refractivity contribution is 6.00. The lowest BCUT2D eigenvalue weighted by atomic mass is 9.99. The molecule has 7 heteroatoms. The highest BCUT2D eigenvalue weighted by Gasteiger charge is 2.23. The highest BCUT2D eigenvalue weighted by Crippen LogP contribution is 2.41. The van der Waals surface area contributed by atoms with Gasteiger partial charge in [-0.25, -0.2) is 0 Å². The van der Waals surface area contributed by atoms with Crippen LogP contribution in [0, 0.1) is 0 Å². The van der Waals surface area contributed by atoms with Gasteiger partial charge >= 0.3 is 0 Å². The fourth-order valence-corrected chi connectivity index (χ4v) is 3.65. The quantitative estimate of drug-likeness (QED) is 0.384. The van der Waals surface area contributed by atoms with Crippen LogP contribution in [0.3, 0.4) is 0 Å². The number of allylic oxidation sites excluding steroid dienone is 2. The van der Waals surface area contributed by atoms with Crippen LogP contribution in [0.5, 0.6) is 23.0 Å². The molecule has 0 fully saturated rings. The second-order valence-electron chi connectivity index (χ2n) is 8.58. The third-order valence-corrected chi connectivity index (χ3v) is 5.27. The zero-order valence-electron chi connectivity index (χ0n) is 20.0. The van der Waals surface area contributed by atoms with Crippen LogP contribution in [0.4, 0.5) is 0 Å². The van der Waals surface area contributed by atoms with Crippen molar-refractivity contribution in [3.8, 4) is 23.0 Å². The molecule has 3 aromatic rings. The summed E-state index contributed by atoms with van der Waals surface area (Å²) in [6, 6.07) is 3.17. The molecule has 7 nitrogen and oxygen atoms in total. The van der Waals surface area contributed by atoms with Gasteiger partial charge in [0, 0.05) is 23.3 Å². The first-order valence-corrected chi connectivity index (χ1v) is 10.5. The molecule has 0 radical (unpaired) electrons. The van der Waals surface area contributed by atoms with Crippen molar-refractivity contribution in [1.29, 1.82) is 0 Å². The maximum atomic E-state index is 13.7. The molecule has 176 valence electrons. The molecule has 0 bridgehead atoms. The minimum Gasteiger partial charge on any atom is -0.507 e. The van der Waals surface area contributed by atoms with Crippen molar-refractivity contribution in [3.63, 3.8) is 0 Å². The Morgan fingerprint density at radius 3 is 2.18 bits per heavy atom. The Kier molecular flexibility index (Phi) is 6.74. The van der Waals surface area contributed by atoms with Crippen LogP contribution in [0.1, 0.15) is 38.8 Å². The summed E-state index contributed by atoms with van der Waals surface area (Å²) < 4.78 is 22.5. The third-order valence-electron chi connectivity index (χ3n) is 5.27. The Bertz CT molecular complexity index is 1320. The predicted molar refractivity (Wildman–Crippen MR) is 130 cm³/mol. The molecule has 0 saturated heterocycles. The van der Waals surface area contributed by atoms with Crippen molar-refractivity contribution in [1.82, 2.24) is 0 Å². The minimum atomic E-state index is -1.13. The summed E-state index contributed by atoms with van der Waals surface area (Å²) in [5.74, 6) is 0.904. The van der Waals surface area contributed by atoms with Crippen LogP contribution >= 0.6 is 0 Å². The molecule has 0 atom stereocenters. The Labute approximate surface area is 192 Å². The topological polar surface area (TPSA) is 98.4 Å². The molecule has 0 spiro atoms. The van der Waals surface area contributed by atoms with Crippen LogP contribution in [0.15, 0.2) is 39.1 Å². The van der Waals surface area contributed by atoms with Crippen molar-refractivity contribution < 1.29 is 28.8 Å². The molecule has 0 amide bonds. The zero-order valence-corrected chi connectivity index (χ0v) is 20.0. The van der Waals surface area contributed by atoms with Gasteiger partial charge in [-0.05, 0) is 34.1 Å². The number of benzene rings is 2. The first kappa shape index (κ1) is 24.2. The average Bonchev–Trinajstić information content (AvgIpc) is 2.74. The van der Waals surface area contributed by atoms with E-state index in [-0.39, 0.29) is 27.7 Å². The molecule has 2 aromatic carbocycles. The van der Waals surface area contributed by atoms with E-state index in [4.69, 9.17) is 18.6 Å². The maximum Gasteiger partial charge on any atom is 0.205 e. The lowest BCUT2D eigenvalue weighted by molar-refractivity contribution is 0.134. The number of hydrogen-bond acceptors (Lipinski definition) is 7. The molecule has 0 aliphatic heterocycles. The fourth-order valence-electron chi connectivity index (χ4n) is 3.65. The van der Waals surface area contributed by atoms with Gasteiger partial charge in [0.25, 0.3) is 0 Å². The number of phenolic OH excluding ortho intramolecular Hbond substituents is 1. The van der Waals surface area contributed by atoms with E-state index in [0.29, 0.717) is 34.8 Å². The molecule has 3 rings (SSSR count). The average molecular weight is 455 g/mol. The fraction of sp³-hybridized carbons (Fsp3) is 0.346. The van der Waals surface area contributed by atoms with Gasteiger partial charge < -0.3 is 28.8 Å². The molecular weight excluding hydrogens is 424 g/mol. The van der Waals surface area contributed by atoms with Crippen molar-refractivity contribution in [3.05, 3.63) is 51.2 Å². The van der Waals surface area contributed by atoms with Crippen molar-refractivity contribution in [2.45, 2.75) is 39.7 Å². The first-order valence-electron chi connectivity index (χ1n) is 10.5. The van der Waals surface area contributed by atoms with Gasteiger partial charge in [0.15, 0.2) is 11.5 Å². The normalized spacial score (nSPS) is 11.9. The second kappa shape index (κ2) is 9.19. The lowest BCUT2D eigenvalue weighted by Crippen LogP contribution is -2.14. The number of methoxy groups -OCH3 is 3. The predicted octanol–water partition coefficient (Wildman–Crippen LogP) is 4.97. The number of phenols is 1. The van der Waals surface area contributed by atoms with Crippen LogP contribution in [0.2, 0.25) is 0 Å². The summed E-state index contributed by atoms with van der Waals surface area (Å²) in [6.45, 7) is 7.13. The largest absolute Gasteiger partial charge is 0.507 e. The van der Waals surface area contributed by atoms with Crippen LogP contribution in [0.25, 0.3) is 28.0 Å². The highest BCUT2D eigenvalue weighted by atomic mass is 16.5. The first-order chi connectivity index (χ1) is 15.5. The molecule has 2 N–H and O–H groups in total. The van der Waals surface area contributed by atoms with Gasteiger partial charge in [-0.1, -0.05) is 23.8 Å². The Hall–Kier alpha value is -3.45. The van der Waals surface area contributed by atoms with E-state index in [1.165, 1.54) is 21.3 Å². The van der Waals surface area contributed by atoms with E-state index < -0.39 is 11.0 Å². The van der Waals surface area contributed by atoms with Crippen molar-refractivity contribution in [2.75, 3.05) is 21.3 Å². The van der Waals surface area contributed by atoms with Gasteiger partial charge in [0.05, 0.1) is 32.3 Å². The number of aliphatic hydroxyl groups is 1. The van der Waals surface area contributed by atoms with Crippen LogP contribution in [-0.4, -0.2) is 37.1 Å². The standard InChI is InChI=1S/C26H30O7/c1-14(2)8-9-15-17(30-5)12-19-22(23(15)27)24(28)21-16(10-11-26(3,4)29)25(32-7)20(31-6)13-18(21)33-19/h8,10-13,27,29H,9H2,1-7H3. The summed E-state index contributed by atoms with van der Waals surface area (Å²) in [5.41, 5.74) is 0.813. The van der Waals surface area contributed by atoms with E-state index in [0.717, 1.165) is 5.57 Å². The SMILES string of the molecule is COc1cc2oc3cc(OC)c(OC)c(C=CC(C)(C)O)c3c(=O)c2c(O)c1CC=C(C)C. The summed E-state index contributed by atoms with van der Waals surface area (Å²) >= 11 is 0. The van der Waals surface area contributed by atoms with Gasteiger partial charge in [0.2, 0.25) is 5.43 Å². The number of ether oxygens (including phenoxy) is 3. The molecule has 1 aromatic heterocycles.